The lowest BCUT2D eigenvalue weighted by molar-refractivity contribution is 0.590. The molecule has 0 spiro atoms. The number of fused-ring (bicyclic) bond motifs is 6. The van der Waals surface area contributed by atoms with Gasteiger partial charge in [-0.25, -0.2) is 0 Å². The first-order valence-corrected chi connectivity index (χ1v) is 30.4. The highest BCUT2D eigenvalue weighted by molar-refractivity contribution is 7.33. The summed E-state index contributed by atoms with van der Waals surface area (Å²) in [5.41, 5.74) is 25.1. The van der Waals surface area contributed by atoms with Crippen LogP contribution in [0.15, 0.2) is 231 Å². The monoisotopic (exact) mass is 1100 g/mol. The van der Waals surface area contributed by atoms with Gasteiger partial charge >= 0.3 is 0 Å². The highest BCUT2D eigenvalue weighted by Gasteiger charge is 2.46. The first-order valence-electron chi connectivity index (χ1n) is 29.6. The van der Waals surface area contributed by atoms with E-state index in [1.54, 1.807) is 0 Å². The van der Waals surface area contributed by atoms with Crippen LogP contribution in [0, 0.1) is 0 Å². The van der Waals surface area contributed by atoms with Gasteiger partial charge in [0, 0.05) is 60.1 Å². The fourth-order valence-electron chi connectivity index (χ4n) is 12.6. The zero-order chi connectivity index (χ0) is 57.7. The fraction of sp³-hybridized carbons (Fsp3) is 0.205. The van der Waals surface area contributed by atoms with E-state index in [1.165, 1.54) is 98.5 Å². The first kappa shape index (κ1) is 53.9. The van der Waals surface area contributed by atoms with Crippen LogP contribution in [0.25, 0.3) is 43.5 Å². The number of benzene rings is 10. The molecule has 3 heterocycles. The Balaban J connectivity index is 1.17. The van der Waals surface area contributed by atoms with Crippen molar-refractivity contribution in [2.75, 3.05) is 14.7 Å². The van der Waals surface area contributed by atoms with E-state index in [4.69, 9.17) is 0 Å². The Kier molecular flexibility index (Phi) is 13.1. The van der Waals surface area contributed by atoms with E-state index in [-0.39, 0.29) is 28.4 Å². The van der Waals surface area contributed by atoms with Crippen molar-refractivity contribution in [1.82, 2.24) is 0 Å². The number of hydrogen-bond acceptors (Lipinski definition) is 4. The van der Waals surface area contributed by atoms with Crippen molar-refractivity contribution in [3.8, 4) is 33.4 Å². The molecule has 5 heteroatoms. The minimum absolute atomic E-state index is 0.00307. The molecule has 13 rings (SSSR count). The van der Waals surface area contributed by atoms with Crippen molar-refractivity contribution in [1.29, 1.82) is 0 Å². The summed E-state index contributed by atoms with van der Waals surface area (Å²) in [4.78, 5) is 7.78. The van der Waals surface area contributed by atoms with E-state index in [9.17, 15) is 0 Å². The smallest absolute Gasteiger partial charge is 0.264 e. The normalized spacial score (nSPS) is 13.2. The molecule has 11 aromatic rings. The molecule has 0 aliphatic carbocycles. The van der Waals surface area contributed by atoms with E-state index < -0.39 is 0 Å². The zero-order valence-electron chi connectivity index (χ0n) is 50.3. The van der Waals surface area contributed by atoms with Gasteiger partial charge in [-0.05, 0) is 156 Å². The highest BCUT2D eigenvalue weighted by Crippen LogP contribution is 2.53. The lowest BCUT2D eigenvalue weighted by Gasteiger charge is -2.44. The van der Waals surface area contributed by atoms with Crippen molar-refractivity contribution in [2.24, 2.45) is 0 Å². The second-order valence-electron chi connectivity index (χ2n) is 27.1. The number of rotatable bonds is 8. The maximum Gasteiger partial charge on any atom is 0.264 e. The van der Waals surface area contributed by atoms with Crippen molar-refractivity contribution < 1.29 is 0 Å². The second-order valence-corrected chi connectivity index (χ2v) is 28.2. The van der Waals surface area contributed by atoms with Crippen molar-refractivity contribution in [2.45, 2.75) is 105 Å². The molecule has 0 amide bonds. The molecule has 1 aromatic heterocycles. The molecule has 0 N–H and O–H groups in total. The summed E-state index contributed by atoms with van der Waals surface area (Å²) < 4.78 is 2.65. The molecule has 0 fully saturated rings. The number of nitrogens with zero attached hydrogens (tertiary/aromatic N) is 3. The van der Waals surface area contributed by atoms with Gasteiger partial charge in [-0.1, -0.05) is 235 Å². The summed E-state index contributed by atoms with van der Waals surface area (Å²) in [7, 11) is 0. The lowest BCUT2D eigenvalue weighted by Crippen LogP contribution is -2.60. The van der Waals surface area contributed by atoms with Gasteiger partial charge in [0.25, 0.3) is 6.71 Å². The Morgan fingerprint density at radius 2 is 0.855 bits per heavy atom. The summed E-state index contributed by atoms with van der Waals surface area (Å²) in [5.74, 6) is 0. The number of para-hydroxylation sites is 1. The maximum atomic E-state index is 2.65. The molecule has 0 saturated carbocycles. The van der Waals surface area contributed by atoms with E-state index in [2.05, 4.69) is 328 Å². The topological polar surface area (TPSA) is 9.72 Å². The third-order valence-corrected chi connectivity index (χ3v) is 18.5. The quantitative estimate of drug-likeness (QED) is 0.140. The molecule has 83 heavy (non-hydrogen) atoms. The highest BCUT2D eigenvalue weighted by atomic mass is 32.1. The summed E-state index contributed by atoms with van der Waals surface area (Å²) in [6.07, 6.45) is 0. The van der Waals surface area contributed by atoms with E-state index >= 15 is 0 Å². The average molecular weight is 1100 g/mol. The summed E-state index contributed by atoms with van der Waals surface area (Å²) in [6, 6.07) is 87.6. The molecule has 0 saturated heterocycles. The third-order valence-electron chi connectivity index (χ3n) is 17.3. The minimum Gasteiger partial charge on any atom is -0.311 e. The maximum absolute atomic E-state index is 2.65. The van der Waals surface area contributed by atoms with Crippen LogP contribution >= 0.6 is 11.3 Å². The van der Waals surface area contributed by atoms with Crippen LogP contribution in [0.5, 0.6) is 0 Å². The third kappa shape index (κ3) is 9.67. The number of thiophene rings is 1. The summed E-state index contributed by atoms with van der Waals surface area (Å²) in [5, 5.41) is 1.29. The largest absolute Gasteiger partial charge is 0.311 e. The van der Waals surface area contributed by atoms with Crippen molar-refractivity contribution in [3.05, 3.63) is 253 Å². The molecule has 2 aliphatic rings. The van der Waals surface area contributed by atoms with Crippen LogP contribution in [0.4, 0.5) is 51.2 Å². The van der Waals surface area contributed by atoms with Gasteiger partial charge in [0.2, 0.25) is 0 Å². The fourth-order valence-corrected chi connectivity index (χ4v) is 13.9. The standard InChI is InChI=1S/C78H74BN3S/c1-75(2,3)55-32-38-59(39-33-55)80(66-31-23-22-30-62(66)52-26-18-14-19-27-52)61-42-43-65-68(50-61)82(67-44-36-57(77(7,8)9)48-63(67)53-28-20-15-21-29-53)70-47-54(51-24-16-13-17-25-51)46-69-72(70)79(65)74-73(64-49-58(78(10,11)12)37-45-71(64)83-74)81(69)60-40-34-56(35-41-60)76(4,5)6/h13-50H,1-12H3. The van der Waals surface area contributed by atoms with Gasteiger partial charge in [0.1, 0.15) is 0 Å². The van der Waals surface area contributed by atoms with Crippen molar-refractivity contribution in [3.63, 3.8) is 0 Å². The minimum atomic E-state index is -0.0918. The Bertz CT molecular complexity index is 4230. The molecular weight excluding hydrogens is 1020 g/mol. The molecule has 410 valence electrons. The Morgan fingerprint density at radius 1 is 0.361 bits per heavy atom. The zero-order valence-corrected chi connectivity index (χ0v) is 51.1. The predicted molar refractivity (Wildman–Crippen MR) is 362 cm³/mol. The van der Waals surface area contributed by atoms with Gasteiger partial charge in [-0.2, -0.15) is 0 Å². The number of anilines is 9. The van der Waals surface area contributed by atoms with Gasteiger partial charge in [-0.15, -0.1) is 11.3 Å². The van der Waals surface area contributed by atoms with Crippen LogP contribution in [0.1, 0.15) is 105 Å². The molecule has 2 aliphatic heterocycles. The van der Waals surface area contributed by atoms with Crippen LogP contribution in [-0.2, 0) is 21.7 Å². The molecular formula is C78H74BN3S. The number of hydrogen-bond donors (Lipinski definition) is 0. The van der Waals surface area contributed by atoms with Crippen LogP contribution < -0.4 is 30.4 Å². The van der Waals surface area contributed by atoms with E-state index in [1.807, 2.05) is 11.3 Å². The van der Waals surface area contributed by atoms with Gasteiger partial charge in [0.15, 0.2) is 0 Å². The average Bonchev–Trinajstić information content (AvgIpc) is 1.94. The van der Waals surface area contributed by atoms with Crippen LogP contribution in [0.3, 0.4) is 0 Å². The second kappa shape index (κ2) is 20.2. The Hall–Kier alpha value is -8.38. The van der Waals surface area contributed by atoms with Gasteiger partial charge < -0.3 is 14.7 Å². The van der Waals surface area contributed by atoms with Crippen LogP contribution in [0.2, 0.25) is 0 Å². The SMILES string of the molecule is CC(C)(C)c1ccc(N(c2ccc3c(c2)N(c2ccc(C(C)(C)C)cc2-c2ccccc2)c2cc(-c4ccccc4)cc4c2B3c2sc3ccc(C(C)(C)C)cc3c2N4c2ccc(C(C)(C)C)cc2)c2ccccc2-c2ccccc2)cc1. The Labute approximate surface area is 497 Å². The molecule has 0 radical (unpaired) electrons. The predicted octanol–water partition coefficient (Wildman–Crippen LogP) is 20.6. The molecule has 3 nitrogen and oxygen atoms in total. The first-order chi connectivity index (χ1) is 39.7. The lowest BCUT2D eigenvalue weighted by atomic mass is 9.36. The van der Waals surface area contributed by atoms with Crippen LogP contribution in [-0.4, -0.2) is 6.71 Å². The molecule has 0 bridgehead atoms. The van der Waals surface area contributed by atoms with Gasteiger partial charge in [-0.3, -0.25) is 0 Å². The van der Waals surface area contributed by atoms with Crippen molar-refractivity contribution >= 4 is 95.0 Å². The summed E-state index contributed by atoms with van der Waals surface area (Å²) >= 11 is 1.97. The van der Waals surface area contributed by atoms with E-state index in [0.717, 1.165) is 34.1 Å². The molecule has 10 aromatic carbocycles. The summed E-state index contributed by atoms with van der Waals surface area (Å²) in [6.45, 7) is 27.7. The molecule has 0 atom stereocenters. The molecule has 0 unspecified atom stereocenters. The Morgan fingerprint density at radius 3 is 1.46 bits per heavy atom. The van der Waals surface area contributed by atoms with E-state index in [0.29, 0.717) is 0 Å². The van der Waals surface area contributed by atoms with Gasteiger partial charge in [0.05, 0.1) is 17.1 Å².